The van der Waals surface area contributed by atoms with E-state index in [9.17, 15) is 18.0 Å². The van der Waals surface area contributed by atoms with Gasteiger partial charge in [0.2, 0.25) is 0 Å². The Hall–Kier alpha value is -1.76. The normalized spacial score (nSPS) is 14.9. The summed E-state index contributed by atoms with van der Waals surface area (Å²) in [5.41, 5.74) is -0.367. The molecule has 21 heavy (non-hydrogen) atoms. The predicted octanol–water partition coefficient (Wildman–Crippen LogP) is 2.08. The van der Waals surface area contributed by atoms with Gasteiger partial charge in [-0.15, -0.1) is 0 Å². The lowest BCUT2D eigenvalue weighted by Crippen LogP contribution is -2.30. The van der Waals surface area contributed by atoms with Crippen LogP contribution in [-0.2, 0) is 17.5 Å². The Morgan fingerprint density at radius 2 is 2.10 bits per heavy atom. The summed E-state index contributed by atoms with van der Waals surface area (Å²) in [5, 5.41) is 5.45. The van der Waals surface area contributed by atoms with Crippen molar-refractivity contribution in [1.82, 2.24) is 10.6 Å². The standard InChI is InChI=1S/C14H17F3N2O2/c1-18-7-9-2-5-12(11(6-9)14(15,16)17)21-8-13(20)19-10-3-4-10/h2,5-6,10,18H,3-4,7-8H2,1H3,(H,19,20). The Morgan fingerprint density at radius 3 is 2.67 bits per heavy atom. The minimum Gasteiger partial charge on any atom is -0.483 e. The molecule has 0 radical (unpaired) electrons. The lowest BCUT2D eigenvalue weighted by Gasteiger charge is -2.15. The van der Waals surface area contributed by atoms with Crippen molar-refractivity contribution in [2.45, 2.75) is 31.6 Å². The van der Waals surface area contributed by atoms with Crippen LogP contribution in [0.1, 0.15) is 24.0 Å². The molecule has 0 spiro atoms. The summed E-state index contributed by atoms with van der Waals surface area (Å²) in [6.45, 7) is -0.0868. The highest BCUT2D eigenvalue weighted by Crippen LogP contribution is 2.36. The van der Waals surface area contributed by atoms with Gasteiger partial charge in [0.15, 0.2) is 6.61 Å². The minimum atomic E-state index is -4.52. The Bertz CT molecular complexity index is 513. The molecule has 1 aliphatic carbocycles. The van der Waals surface area contributed by atoms with Gasteiger partial charge in [-0.3, -0.25) is 4.79 Å². The van der Waals surface area contributed by atoms with Gasteiger partial charge >= 0.3 is 6.18 Å². The number of alkyl halides is 3. The average molecular weight is 302 g/mol. The Kier molecular flexibility index (Phi) is 4.72. The number of ether oxygens (including phenoxy) is 1. The molecule has 0 saturated heterocycles. The molecule has 1 saturated carbocycles. The highest BCUT2D eigenvalue weighted by atomic mass is 19.4. The average Bonchev–Trinajstić information content (AvgIpc) is 3.20. The monoisotopic (exact) mass is 302 g/mol. The van der Waals surface area contributed by atoms with Gasteiger partial charge in [-0.05, 0) is 37.6 Å². The molecule has 1 aromatic rings. The Morgan fingerprint density at radius 1 is 1.38 bits per heavy atom. The third kappa shape index (κ3) is 4.63. The van der Waals surface area contributed by atoms with Crippen molar-refractivity contribution >= 4 is 5.91 Å². The van der Waals surface area contributed by atoms with Crippen LogP contribution in [0.25, 0.3) is 0 Å². The SMILES string of the molecule is CNCc1ccc(OCC(=O)NC2CC2)c(C(F)(F)F)c1. The van der Waals surface area contributed by atoms with Crippen molar-refractivity contribution in [3.63, 3.8) is 0 Å². The van der Waals surface area contributed by atoms with Crippen molar-refractivity contribution in [1.29, 1.82) is 0 Å². The zero-order valence-electron chi connectivity index (χ0n) is 11.6. The van der Waals surface area contributed by atoms with E-state index in [-0.39, 0.29) is 11.8 Å². The van der Waals surface area contributed by atoms with E-state index in [4.69, 9.17) is 4.74 Å². The van der Waals surface area contributed by atoms with E-state index in [0.717, 1.165) is 18.9 Å². The third-order valence-electron chi connectivity index (χ3n) is 3.03. The van der Waals surface area contributed by atoms with Gasteiger partial charge in [-0.2, -0.15) is 13.2 Å². The molecule has 0 aliphatic heterocycles. The number of nitrogens with one attached hydrogen (secondary N) is 2. The van der Waals surface area contributed by atoms with Gasteiger partial charge in [0.25, 0.3) is 5.91 Å². The van der Waals surface area contributed by atoms with Gasteiger partial charge < -0.3 is 15.4 Å². The van der Waals surface area contributed by atoms with Gasteiger partial charge in [-0.1, -0.05) is 6.07 Å². The number of carbonyl (C=O) groups excluding carboxylic acids is 1. The lowest BCUT2D eigenvalue weighted by atomic mass is 10.1. The fraction of sp³-hybridized carbons (Fsp3) is 0.500. The molecule has 0 heterocycles. The number of rotatable bonds is 6. The van der Waals surface area contributed by atoms with E-state index in [1.54, 1.807) is 13.1 Å². The summed E-state index contributed by atoms with van der Waals surface area (Å²) in [7, 11) is 1.65. The van der Waals surface area contributed by atoms with E-state index in [2.05, 4.69) is 10.6 Å². The van der Waals surface area contributed by atoms with Gasteiger partial charge in [-0.25, -0.2) is 0 Å². The van der Waals surface area contributed by atoms with Crippen molar-refractivity contribution in [2.24, 2.45) is 0 Å². The highest BCUT2D eigenvalue weighted by Gasteiger charge is 2.35. The predicted molar refractivity (Wildman–Crippen MR) is 70.9 cm³/mol. The highest BCUT2D eigenvalue weighted by molar-refractivity contribution is 5.78. The van der Waals surface area contributed by atoms with Crippen LogP contribution >= 0.6 is 0 Å². The maximum Gasteiger partial charge on any atom is 0.419 e. The number of hydrogen-bond acceptors (Lipinski definition) is 3. The maximum absolute atomic E-state index is 13.0. The van der Waals surface area contributed by atoms with Crippen LogP contribution in [0, 0.1) is 0 Å². The van der Waals surface area contributed by atoms with Crippen molar-refractivity contribution < 1.29 is 22.7 Å². The lowest BCUT2D eigenvalue weighted by molar-refractivity contribution is -0.139. The van der Waals surface area contributed by atoms with Crippen LogP contribution in [-0.4, -0.2) is 25.6 Å². The third-order valence-corrected chi connectivity index (χ3v) is 3.03. The molecule has 1 aliphatic rings. The second-order valence-corrected chi connectivity index (χ2v) is 4.99. The Labute approximate surface area is 120 Å². The second-order valence-electron chi connectivity index (χ2n) is 4.99. The first-order valence-electron chi connectivity index (χ1n) is 6.67. The summed E-state index contributed by atoms with van der Waals surface area (Å²) in [6.07, 6.45) is -2.69. The zero-order chi connectivity index (χ0) is 15.5. The molecular formula is C14H17F3N2O2. The Balaban J connectivity index is 2.07. The van der Waals surface area contributed by atoms with Crippen LogP contribution in [0.3, 0.4) is 0 Å². The van der Waals surface area contributed by atoms with Crippen LogP contribution < -0.4 is 15.4 Å². The summed E-state index contributed by atoms with van der Waals surface area (Å²) >= 11 is 0. The number of hydrogen-bond donors (Lipinski definition) is 2. The fourth-order valence-corrected chi connectivity index (χ4v) is 1.88. The van der Waals surface area contributed by atoms with Crippen molar-refractivity contribution in [3.8, 4) is 5.75 Å². The summed E-state index contributed by atoms with van der Waals surface area (Å²) < 4.78 is 44.1. The fourth-order valence-electron chi connectivity index (χ4n) is 1.88. The number of halogens is 3. The maximum atomic E-state index is 13.0. The largest absolute Gasteiger partial charge is 0.483 e. The van der Waals surface area contributed by atoms with Crippen LogP contribution in [0.2, 0.25) is 0 Å². The molecular weight excluding hydrogens is 285 g/mol. The summed E-state index contributed by atoms with van der Waals surface area (Å²) in [4.78, 5) is 11.5. The van der Waals surface area contributed by atoms with E-state index >= 15 is 0 Å². The van der Waals surface area contributed by atoms with Crippen LogP contribution in [0.4, 0.5) is 13.2 Å². The van der Waals surface area contributed by atoms with E-state index in [1.165, 1.54) is 6.07 Å². The van der Waals surface area contributed by atoms with Gasteiger partial charge in [0.1, 0.15) is 5.75 Å². The molecule has 0 atom stereocenters. The van der Waals surface area contributed by atoms with E-state index < -0.39 is 24.3 Å². The smallest absolute Gasteiger partial charge is 0.419 e. The number of amides is 1. The summed E-state index contributed by atoms with van der Waals surface area (Å²) in [5.74, 6) is -0.724. The molecule has 0 unspecified atom stereocenters. The summed E-state index contributed by atoms with van der Waals surface area (Å²) in [6, 6.07) is 3.98. The molecule has 4 nitrogen and oxygen atoms in total. The van der Waals surface area contributed by atoms with E-state index in [1.807, 2.05) is 0 Å². The molecule has 0 bridgehead atoms. The van der Waals surface area contributed by atoms with E-state index in [0.29, 0.717) is 12.1 Å². The van der Waals surface area contributed by atoms with Gasteiger partial charge in [0.05, 0.1) is 5.56 Å². The number of carbonyl (C=O) groups is 1. The molecule has 7 heteroatoms. The molecule has 2 rings (SSSR count). The topological polar surface area (TPSA) is 50.4 Å². The molecule has 1 fully saturated rings. The first-order valence-corrected chi connectivity index (χ1v) is 6.67. The number of benzene rings is 1. The molecule has 1 amide bonds. The molecule has 2 N–H and O–H groups in total. The second kappa shape index (κ2) is 6.34. The molecule has 1 aromatic carbocycles. The van der Waals surface area contributed by atoms with Crippen LogP contribution in [0.5, 0.6) is 5.75 Å². The van der Waals surface area contributed by atoms with Crippen molar-refractivity contribution in [2.75, 3.05) is 13.7 Å². The zero-order valence-corrected chi connectivity index (χ0v) is 11.6. The first kappa shape index (κ1) is 15.6. The minimum absolute atomic E-state index is 0.154. The molecule has 116 valence electrons. The van der Waals surface area contributed by atoms with Crippen LogP contribution in [0.15, 0.2) is 18.2 Å². The first-order chi connectivity index (χ1) is 9.90. The van der Waals surface area contributed by atoms with Gasteiger partial charge in [0, 0.05) is 12.6 Å². The molecule has 0 aromatic heterocycles. The quantitative estimate of drug-likeness (QED) is 0.846. The van der Waals surface area contributed by atoms with Crippen molar-refractivity contribution in [3.05, 3.63) is 29.3 Å².